The number of nitrogens with zero attached hydrogens (tertiary/aromatic N) is 4. The third-order valence-corrected chi connectivity index (χ3v) is 6.96. The highest BCUT2D eigenvalue weighted by molar-refractivity contribution is 8.26. The number of hydrogen-bond acceptors (Lipinski definition) is 8. The number of amides is 1. The first-order valence-electron chi connectivity index (χ1n) is 10.6. The fourth-order valence-corrected chi connectivity index (χ4v) is 5.45. The maximum Gasteiger partial charge on any atom is 0.305 e. The third kappa shape index (κ3) is 4.98. The van der Waals surface area contributed by atoms with E-state index in [1.165, 1.54) is 4.90 Å². The van der Waals surface area contributed by atoms with E-state index in [1.54, 1.807) is 17.6 Å². The van der Waals surface area contributed by atoms with Crippen LogP contribution in [-0.2, 0) is 20.9 Å². The summed E-state index contributed by atoms with van der Waals surface area (Å²) in [6.07, 6.45) is 1.33. The molecule has 11 heteroatoms. The van der Waals surface area contributed by atoms with E-state index < -0.39 is 5.97 Å². The van der Waals surface area contributed by atoms with Crippen LogP contribution >= 0.6 is 24.0 Å². The van der Waals surface area contributed by atoms with Gasteiger partial charge in [0.25, 0.3) is 11.5 Å². The molecule has 1 aromatic rings. The quantitative estimate of drug-likeness (QED) is 0.474. The molecular weight excluding hydrogens is 464 g/mol. The zero-order valence-electron chi connectivity index (χ0n) is 19.0. The lowest BCUT2D eigenvalue weighted by Gasteiger charge is -2.39. The van der Waals surface area contributed by atoms with Crippen LogP contribution in [0.3, 0.4) is 0 Å². The average molecular weight is 491 g/mol. The van der Waals surface area contributed by atoms with Crippen LogP contribution in [0.1, 0.15) is 43.9 Å². The van der Waals surface area contributed by atoms with Gasteiger partial charge in [0.15, 0.2) is 0 Å². The van der Waals surface area contributed by atoms with Gasteiger partial charge in [0.2, 0.25) is 0 Å². The van der Waals surface area contributed by atoms with E-state index in [4.69, 9.17) is 22.1 Å². The molecule has 2 fully saturated rings. The van der Waals surface area contributed by atoms with Gasteiger partial charge in [-0.1, -0.05) is 24.0 Å². The Bertz CT molecular complexity index is 1130. The number of rotatable bonds is 6. The Morgan fingerprint density at radius 1 is 1.33 bits per heavy atom. The predicted octanol–water partition coefficient (Wildman–Crippen LogP) is 2.34. The minimum atomic E-state index is -1.02. The van der Waals surface area contributed by atoms with Gasteiger partial charge in [-0.05, 0) is 39.3 Å². The Hall–Kier alpha value is -2.68. The van der Waals surface area contributed by atoms with Crippen LogP contribution in [0.4, 0.5) is 5.82 Å². The molecule has 2 aliphatic rings. The fourth-order valence-electron chi connectivity index (χ4n) is 4.16. The maximum absolute atomic E-state index is 13.1. The second-order valence-electron chi connectivity index (χ2n) is 8.04. The number of aromatic nitrogens is 1. The lowest BCUT2D eigenvalue weighted by molar-refractivity contribution is -0.137. The molecule has 0 spiro atoms. The molecule has 0 saturated carbocycles. The van der Waals surface area contributed by atoms with E-state index in [1.807, 2.05) is 26.8 Å². The Kier molecular flexibility index (Phi) is 7.62. The predicted molar refractivity (Wildman–Crippen MR) is 130 cm³/mol. The van der Waals surface area contributed by atoms with E-state index in [-0.39, 0.29) is 46.5 Å². The normalized spacial score (nSPS) is 22.2. The van der Waals surface area contributed by atoms with Crippen molar-refractivity contribution in [3.8, 4) is 6.07 Å². The number of morpholine rings is 1. The molecule has 1 aromatic heterocycles. The number of carbonyl (C=O) groups excluding carboxylic acids is 1. The number of pyridine rings is 1. The number of anilines is 1. The van der Waals surface area contributed by atoms with Crippen LogP contribution in [0.15, 0.2) is 9.70 Å². The summed E-state index contributed by atoms with van der Waals surface area (Å²) in [7, 11) is 0. The van der Waals surface area contributed by atoms with Crippen molar-refractivity contribution < 1.29 is 19.4 Å². The van der Waals surface area contributed by atoms with Gasteiger partial charge < -0.3 is 14.7 Å². The number of carboxylic acid groups (broad SMARTS) is 1. The molecule has 2 atom stereocenters. The number of thiocarbonyl (C=S) groups is 1. The monoisotopic (exact) mass is 490 g/mol. The zero-order valence-corrected chi connectivity index (χ0v) is 20.6. The summed E-state index contributed by atoms with van der Waals surface area (Å²) in [6, 6.07) is 2.01. The van der Waals surface area contributed by atoms with Crippen molar-refractivity contribution in [2.45, 2.75) is 52.9 Å². The van der Waals surface area contributed by atoms with Crippen molar-refractivity contribution in [3.05, 3.63) is 31.9 Å². The standard InChI is InChI=1S/C22H26N4O5S2/c1-5-25-19(24-10-12(2)31-13(3)11-24)15(14(4)16(9-23)20(25)29)8-17-21(30)26(22(32)33-17)7-6-18(27)28/h8,12-13H,5-7,10-11H2,1-4H3,(H,27,28)/b17-8-. The molecule has 0 radical (unpaired) electrons. The summed E-state index contributed by atoms with van der Waals surface area (Å²) in [5.74, 6) is -0.764. The lowest BCUT2D eigenvalue weighted by Crippen LogP contribution is -2.48. The topological polar surface area (TPSA) is 116 Å². The number of ether oxygens (including phenoxy) is 1. The van der Waals surface area contributed by atoms with Gasteiger partial charge in [0, 0.05) is 31.7 Å². The molecule has 1 N–H and O–H groups in total. The van der Waals surface area contributed by atoms with E-state index in [0.29, 0.717) is 41.5 Å². The number of carbonyl (C=O) groups is 2. The lowest BCUT2D eigenvalue weighted by atomic mass is 10.0. The van der Waals surface area contributed by atoms with Crippen molar-refractivity contribution in [3.63, 3.8) is 0 Å². The second kappa shape index (κ2) is 10.1. The Morgan fingerprint density at radius 3 is 2.52 bits per heavy atom. The van der Waals surface area contributed by atoms with Crippen LogP contribution in [-0.4, -0.2) is 62.6 Å². The summed E-state index contributed by atoms with van der Waals surface area (Å²) in [5, 5.41) is 18.6. The molecule has 176 valence electrons. The van der Waals surface area contributed by atoms with Crippen LogP contribution in [0, 0.1) is 18.3 Å². The summed E-state index contributed by atoms with van der Waals surface area (Å²) in [4.78, 5) is 40.7. The van der Waals surface area contributed by atoms with Crippen LogP contribution in [0.5, 0.6) is 0 Å². The summed E-state index contributed by atoms with van der Waals surface area (Å²) in [5.41, 5.74) is 0.755. The van der Waals surface area contributed by atoms with Crippen molar-refractivity contribution in [1.82, 2.24) is 9.47 Å². The van der Waals surface area contributed by atoms with Crippen molar-refractivity contribution in [2.75, 3.05) is 24.5 Å². The molecule has 0 bridgehead atoms. The highest BCUT2D eigenvalue weighted by atomic mass is 32.2. The molecule has 1 amide bonds. The number of aliphatic carboxylic acids is 1. The first-order chi connectivity index (χ1) is 15.6. The van der Waals surface area contributed by atoms with Crippen LogP contribution in [0.25, 0.3) is 6.08 Å². The number of carboxylic acids is 1. The molecule has 0 aliphatic carbocycles. The smallest absolute Gasteiger partial charge is 0.305 e. The number of thioether (sulfide) groups is 1. The van der Waals surface area contributed by atoms with Crippen LogP contribution < -0.4 is 10.5 Å². The molecular formula is C22H26N4O5S2. The van der Waals surface area contributed by atoms with E-state index in [0.717, 1.165) is 11.8 Å². The van der Waals surface area contributed by atoms with Gasteiger partial charge in [-0.25, -0.2) is 0 Å². The Morgan fingerprint density at radius 2 is 1.97 bits per heavy atom. The first-order valence-corrected chi connectivity index (χ1v) is 11.9. The van der Waals surface area contributed by atoms with E-state index >= 15 is 0 Å². The Labute approximate surface area is 201 Å². The molecule has 3 heterocycles. The summed E-state index contributed by atoms with van der Waals surface area (Å²) < 4.78 is 7.70. The van der Waals surface area contributed by atoms with Gasteiger partial charge in [0.05, 0.1) is 23.5 Å². The molecule has 2 saturated heterocycles. The molecule has 2 aliphatic heterocycles. The molecule has 9 nitrogen and oxygen atoms in total. The van der Waals surface area contributed by atoms with Crippen molar-refractivity contribution in [2.24, 2.45) is 0 Å². The van der Waals surface area contributed by atoms with E-state index in [2.05, 4.69) is 4.90 Å². The van der Waals surface area contributed by atoms with Crippen molar-refractivity contribution >= 4 is 52.1 Å². The molecule has 2 unspecified atom stereocenters. The van der Waals surface area contributed by atoms with Crippen LogP contribution in [0.2, 0.25) is 0 Å². The highest BCUT2D eigenvalue weighted by Crippen LogP contribution is 2.36. The second-order valence-corrected chi connectivity index (χ2v) is 9.71. The summed E-state index contributed by atoms with van der Waals surface area (Å²) >= 11 is 6.39. The average Bonchev–Trinajstić information content (AvgIpc) is 3.00. The van der Waals surface area contributed by atoms with Gasteiger partial charge in [-0.2, -0.15) is 5.26 Å². The minimum Gasteiger partial charge on any atom is -0.481 e. The number of hydrogen-bond donors (Lipinski definition) is 1. The fraction of sp³-hybridized carbons (Fsp3) is 0.500. The zero-order chi connectivity index (χ0) is 24.4. The largest absolute Gasteiger partial charge is 0.481 e. The van der Waals surface area contributed by atoms with Gasteiger partial charge >= 0.3 is 5.97 Å². The number of nitriles is 1. The first kappa shape index (κ1) is 25.0. The van der Waals surface area contributed by atoms with E-state index in [9.17, 15) is 19.6 Å². The van der Waals surface area contributed by atoms with Gasteiger partial charge in [-0.3, -0.25) is 23.9 Å². The SMILES string of the molecule is CCn1c(N2CC(C)OC(C)C2)c(/C=C2\SC(=S)N(CCC(=O)O)C2=O)c(C)c(C#N)c1=O. The minimum absolute atomic E-state index is 0.0143. The Balaban J connectivity index is 2.17. The van der Waals surface area contributed by atoms with Gasteiger partial charge in [-0.15, -0.1) is 0 Å². The van der Waals surface area contributed by atoms with Crippen molar-refractivity contribution in [1.29, 1.82) is 5.26 Å². The highest BCUT2D eigenvalue weighted by Gasteiger charge is 2.34. The molecule has 33 heavy (non-hydrogen) atoms. The maximum atomic E-state index is 13.1. The molecule has 3 rings (SSSR count). The molecule has 0 aromatic carbocycles. The third-order valence-electron chi connectivity index (χ3n) is 5.58. The summed E-state index contributed by atoms with van der Waals surface area (Å²) in [6.45, 7) is 8.90. The van der Waals surface area contributed by atoms with Gasteiger partial charge in [0.1, 0.15) is 21.8 Å².